The van der Waals surface area contributed by atoms with E-state index in [1.165, 1.54) is 22.3 Å². The Morgan fingerprint density at radius 1 is 1.03 bits per heavy atom. The molecule has 0 aliphatic rings. The van der Waals surface area contributed by atoms with E-state index in [0.29, 0.717) is 11.6 Å². The Hall–Kier alpha value is -2.26. The fourth-order valence-corrected chi connectivity index (χ4v) is 3.67. The molecule has 1 unspecified atom stereocenters. The van der Waals surface area contributed by atoms with Gasteiger partial charge in [0, 0.05) is 11.5 Å². The summed E-state index contributed by atoms with van der Waals surface area (Å²) in [4.78, 5) is 14.9. The predicted molar refractivity (Wildman–Crippen MR) is 134 cm³/mol. The molecule has 0 aliphatic heterocycles. The van der Waals surface area contributed by atoms with Crippen molar-refractivity contribution in [1.29, 1.82) is 5.26 Å². The van der Waals surface area contributed by atoms with Crippen molar-refractivity contribution in [2.75, 3.05) is 11.5 Å². The maximum atomic E-state index is 11.4. The van der Waals surface area contributed by atoms with Gasteiger partial charge in [-0.1, -0.05) is 46.6 Å². The van der Waals surface area contributed by atoms with E-state index in [1.54, 1.807) is 24.9 Å². The van der Waals surface area contributed by atoms with Gasteiger partial charge in [-0.2, -0.15) is 22.0 Å². The zero-order valence-electron chi connectivity index (χ0n) is 20.0. The molecule has 0 fully saturated rings. The van der Waals surface area contributed by atoms with E-state index in [2.05, 4.69) is 69.2 Å². The summed E-state index contributed by atoms with van der Waals surface area (Å²) in [5.74, 6) is 0.544. The van der Waals surface area contributed by atoms with E-state index >= 15 is 0 Å². The number of allylic oxidation sites excluding steroid dienone is 7. The first-order chi connectivity index (χ1) is 14.6. The van der Waals surface area contributed by atoms with E-state index in [1.807, 2.05) is 0 Å². The van der Waals surface area contributed by atoms with Crippen LogP contribution in [0.15, 0.2) is 51.6 Å². The Morgan fingerprint density at radius 2 is 1.68 bits per heavy atom. The molecule has 0 amide bonds. The number of carboxylic acid groups (broad SMARTS) is 1. The number of hydrogen-bond acceptors (Lipinski definition) is 4. The minimum atomic E-state index is -0.942. The molecule has 0 aromatic carbocycles. The molecule has 31 heavy (non-hydrogen) atoms. The van der Waals surface area contributed by atoms with Gasteiger partial charge in [0.1, 0.15) is 11.9 Å². The van der Waals surface area contributed by atoms with Crippen LogP contribution in [-0.4, -0.2) is 34.5 Å². The number of nitrogens with zero attached hydrogens (tertiary/aromatic N) is 2. The summed E-state index contributed by atoms with van der Waals surface area (Å²) >= 11 is 1.57. The maximum absolute atomic E-state index is 11.4. The van der Waals surface area contributed by atoms with E-state index in [0.717, 1.165) is 37.9 Å². The summed E-state index contributed by atoms with van der Waals surface area (Å²) in [6, 6.07) is -0.761. The predicted octanol–water partition coefficient (Wildman–Crippen LogP) is 6.42. The van der Waals surface area contributed by atoms with Crippen LogP contribution in [0.3, 0.4) is 0 Å². The lowest BCUT2D eigenvalue weighted by atomic mass is 10.0. The van der Waals surface area contributed by atoms with E-state index < -0.39 is 12.0 Å². The van der Waals surface area contributed by atoms with Crippen molar-refractivity contribution in [3.8, 4) is 6.19 Å². The minimum Gasteiger partial charge on any atom is -0.480 e. The fraction of sp³-hybridized carbons (Fsp3) is 0.560. The normalized spacial score (nSPS) is 13.3. The lowest BCUT2D eigenvalue weighted by molar-refractivity contribution is -0.138. The van der Waals surface area contributed by atoms with Crippen LogP contribution in [0, 0.1) is 11.5 Å². The van der Waals surface area contributed by atoms with Gasteiger partial charge < -0.3 is 10.4 Å². The van der Waals surface area contributed by atoms with Crippen molar-refractivity contribution in [2.24, 2.45) is 4.99 Å². The second-order valence-electron chi connectivity index (χ2n) is 8.13. The van der Waals surface area contributed by atoms with Crippen LogP contribution in [0.25, 0.3) is 0 Å². The lowest BCUT2D eigenvalue weighted by Gasteiger charge is -2.14. The first-order valence-corrected chi connectivity index (χ1v) is 11.9. The largest absolute Gasteiger partial charge is 0.480 e. The SMILES string of the molecule is CC(C)=CCCC(C)=CCCC(=CCSCC(N/C(C)=N/C#N)C(=O)O)CC=C(C)C. The van der Waals surface area contributed by atoms with Gasteiger partial charge in [-0.15, -0.1) is 0 Å². The van der Waals surface area contributed by atoms with Gasteiger partial charge in [0.25, 0.3) is 0 Å². The first-order valence-electron chi connectivity index (χ1n) is 10.8. The van der Waals surface area contributed by atoms with Gasteiger partial charge in [-0.3, -0.25) is 0 Å². The number of hydrogen-bond donors (Lipinski definition) is 2. The number of rotatable bonds is 14. The van der Waals surface area contributed by atoms with Crippen LogP contribution in [0.1, 0.15) is 73.6 Å². The molecule has 0 heterocycles. The Labute approximate surface area is 193 Å². The van der Waals surface area contributed by atoms with Gasteiger partial charge in [0.2, 0.25) is 6.19 Å². The van der Waals surface area contributed by atoms with Gasteiger partial charge in [-0.25, -0.2) is 4.79 Å². The summed E-state index contributed by atoms with van der Waals surface area (Å²) < 4.78 is 0. The molecule has 0 saturated carbocycles. The number of amidine groups is 1. The van der Waals surface area contributed by atoms with Gasteiger partial charge >= 0.3 is 5.97 Å². The molecular weight excluding hydrogens is 406 g/mol. The van der Waals surface area contributed by atoms with Crippen molar-refractivity contribution in [3.05, 3.63) is 46.6 Å². The molecule has 6 heteroatoms. The van der Waals surface area contributed by atoms with Crippen molar-refractivity contribution >= 4 is 23.6 Å². The summed E-state index contributed by atoms with van der Waals surface area (Å²) in [5, 5.41) is 20.7. The lowest BCUT2D eigenvalue weighted by Crippen LogP contribution is -2.41. The van der Waals surface area contributed by atoms with Crippen LogP contribution in [-0.2, 0) is 4.79 Å². The van der Waals surface area contributed by atoms with Gasteiger partial charge in [-0.05, 0) is 73.6 Å². The third kappa shape index (κ3) is 17.1. The van der Waals surface area contributed by atoms with Crippen molar-refractivity contribution < 1.29 is 9.90 Å². The average molecular weight is 446 g/mol. The van der Waals surface area contributed by atoms with Crippen molar-refractivity contribution in [2.45, 2.75) is 79.7 Å². The minimum absolute atomic E-state index is 0.321. The molecule has 0 radical (unpaired) electrons. The van der Waals surface area contributed by atoms with Crippen LogP contribution in [0.5, 0.6) is 0 Å². The zero-order chi connectivity index (χ0) is 23.6. The maximum Gasteiger partial charge on any atom is 0.327 e. The standard InChI is InChI=1S/C25H39N3O2S/c1-19(2)9-7-10-21(5)11-8-12-23(14-13-20(3)4)15-16-31-17-24(25(29)30)28-22(6)27-18-26/h9,11,13,15,24H,7-8,10,12,14,16-17H2,1-6H3,(H,27,28)(H,29,30). The van der Waals surface area contributed by atoms with Crippen LogP contribution >= 0.6 is 11.8 Å². The third-order valence-electron chi connectivity index (χ3n) is 4.50. The van der Waals surface area contributed by atoms with Crippen molar-refractivity contribution in [3.63, 3.8) is 0 Å². The smallest absolute Gasteiger partial charge is 0.327 e. The molecule has 0 bridgehead atoms. The third-order valence-corrected chi connectivity index (χ3v) is 5.47. The fourth-order valence-electron chi connectivity index (χ4n) is 2.71. The van der Waals surface area contributed by atoms with E-state index in [9.17, 15) is 9.90 Å². The quantitative estimate of drug-likeness (QED) is 0.106. The Balaban J connectivity index is 4.77. The Morgan fingerprint density at radius 3 is 2.26 bits per heavy atom. The van der Waals surface area contributed by atoms with Gasteiger partial charge in [0.05, 0.1) is 0 Å². The van der Waals surface area contributed by atoms with Crippen LogP contribution < -0.4 is 5.32 Å². The summed E-state index contributed by atoms with van der Waals surface area (Å²) in [7, 11) is 0. The number of carbonyl (C=O) groups is 1. The first kappa shape index (κ1) is 28.7. The molecule has 0 aromatic rings. The molecule has 1 atom stereocenters. The number of nitrogens with one attached hydrogen (secondary N) is 1. The molecule has 5 nitrogen and oxygen atoms in total. The zero-order valence-corrected chi connectivity index (χ0v) is 20.8. The number of carboxylic acids is 1. The molecule has 0 aliphatic carbocycles. The monoisotopic (exact) mass is 445 g/mol. The number of thioether (sulfide) groups is 1. The molecule has 0 saturated heterocycles. The summed E-state index contributed by atoms with van der Waals surface area (Å²) in [6.07, 6.45) is 15.9. The second-order valence-corrected chi connectivity index (χ2v) is 9.20. The molecule has 0 spiro atoms. The topological polar surface area (TPSA) is 85.5 Å². The summed E-state index contributed by atoms with van der Waals surface area (Å²) in [5.41, 5.74) is 5.47. The highest BCUT2D eigenvalue weighted by Crippen LogP contribution is 2.17. The highest BCUT2D eigenvalue weighted by atomic mass is 32.2. The molecule has 0 rings (SSSR count). The number of aliphatic carboxylic acids is 1. The molecular formula is C25H39N3O2S. The van der Waals surface area contributed by atoms with Gasteiger partial charge in [0.15, 0.2) is 0 Å². The highest BCUT2D eigenvalue weighted by molar-refractivity contribution is 7.99. The van der Waals surface area contributed by atoms with E-state index in [-0.39, 0.29) is 0 Å². The molecule has 172 valence electrons. The van der Waals surface area contributed by atoms with Crippen molar-refractivity contribution in [1.82, 2.24) is 5.32 Å². The Kier molecular flexibility index (Phi) is 16.2. The molecule has 2 N–H and O–H groups in total. The average Bonchev–Trinajstić information content (AvgIpc) is 2.67. The van der Waals surface area contributed by atoms with Crippen LogP contribution in [0.2, 0.25) is 0 Å². The Bertz CT molecular complexity index is 747. The second kappa shape index (κ2) is 17.4. The number of aliphatic imine (C=N–C) groups is 1. The van der Waals surface area contributed by atoms with Crippen LogP contribution in [0.4, 0.5) is 0 Å². The van der Waals surface area contributed by atoms with E-state index in [4.69, 9.17) is 5.26 Å². The highest BCUT2D eigenvalue weighted by Gasteiger charge is 2.17. The summed E-state index contributed by atoms with van der Waals surface area (Å²) in [6.45, 7) is 12.3. The number of nitriles is 1. The molecule has 0 aromatic heterocycles.